The highest BCUT2D eigenvalue weighted by Crippen LogP contribution is 2.40. The summed E-state index contributed by atoms with van der Waals surface area (Å²) in [6.45, 7) is 0.479. The number of halogens is 2. The van der Waals surface area contributed by atoms with Gasteiger partial charge in [0.2, 0.25) is 5.75 Å². The van der Waals surface area contributed by atoms with Gasteiger partial charge >= 0.3 is 5.69 Å². The number of hydrogen-bond acceptors (Lipinski definition) is 4. The Hall–Kier alpha value is -2.34. The molecule has 0 N–H and O–H groups in total. The van der Waals surface area contributed by atoms with Crippen LogP contribution in [0.5, 0.6) is 17.2 Å². The summed E-state index contributed by atoms with van der Waals surface area (Å²) in [4.78, 5) is 10.6. The van der Waals surface area contributed by atoms with Gasteiger partial charge in [0.25, 0.3) is 0 Å². The summed E-state index contributed by atoms with van der Waals surface area (Å²) in [5, 5.41) is 11.2. The molecule has 5 nitrogen and oxygen atoms in total. The summed E-state index contributed by atoms with van der Waals surface area (Å²) in [6.07, 6.45) is 0.654. The standard InChI is InChI=1S/C14H9ClFNO4/c15-10-6-9(16)1-2-12(10)21-14-5-8-3-4-20-13(8)7-11(14)17(18)19/h1-2,5-7H,3-4H2. The molecular formula is C14H9ClFNO4. The van der Waals surface area contributed by atoms with Crippen LogP contribution in [0.1, 0.15) is 5.56 Å². The van der Waals surface area contributed by atoms with Crippen LogP contribution in [0.4, 0.5) is 10.1 Å². The van der Waals surface area contributed by atoms with E-state index in [2.05, 4.69) is 0 Å². The number of nitro groups is 1. The molecule has 1 heterocycles. The lowest BCUT2D eigenvalue weighted by Crippen LogP contribution is -1.95. The maximum atomic E-state index is 13.0. The molecule has 0 aliphatic carbocycles. The van der Waals surface area contributed by atoms with Gasteiger partial charge in [0.1, 0.15) is 17.3 Å². The number of ether oxygens (including phenoxy) is 2. The Balaban J connectivity index is 2.03. The summed E-state index contributed by atoms with van der Waals surface area (Å²) in [5.41, 5.74) is 0.602. The first kappa shape index (κ1) is 13.6. The van der Waals surface area contributed by atoms with Crippen molar-refractivity contribution >= 4 is 17.3 Å². The van der Waals surface area contributed by atoms with E-state index in [-0.39, 0.29) is 22.2 Å². The second-order valence-electron chi connectivity index (χ2n) is 4.46. The summed E-state index contributed by atoms with van der Waals surface area (Å²) in [5.74, 6) is 0.182. The quantitative estimate of drug-likeness (QED) is 0.632. The van der Waals surface area contributed by atoms with Gasteiger partial charge in [-0.05, 0) is 24.3 Å². The maximum Gasteiger partial charge on any atom is 0.315 e. The molecule has 21 heavy (non-hydrogen) atoms. The molecule has 0 amide bonds. The van der Waals surface area contributed by atoms with Crippen molar-refractivity contribution < 1.29 is 18.8 Å². The van der Waals surface area contributed by atoms with Crippen molar-refractivity contribution in [3.63, 3.8) is 0 Å². The SMILES string of the molecule is O=[N+]([O-])c1cc2c(cc1Oc1ccc(F)cc1Cl)CCO2. The number of nitro benzene ring substituents is 1. The van der Waals surface area contributed by atoms with E-state index in [0.717, 1.165) is 11.6 Å². The second kappa shape index (κ2) is 5.21. The molecule has 0 aromatic heterocycles. The number of fused-ring (bicyclic) bond motifs is 1. The third kappa shape index (κ3) is 2.62. The Morgan fingerprint density at radius 3 is 2.81 bits per heavy atom. The minimum atomic E-state index is -0.561. The average molecular weight is 310 g/mol. The lowest BCUT2D eigenvalue weighted by molar-refractivity contribution is -0.385. The number of nitrogens with zero attached hydrogens (tertiary/aromatic N) is 1. The zero-order chi connectivity index (χ0) is 15.0. The Kier molecular flexibility index (Phi) is 3.39. The van der Waals surface area contributed by atoms with E-state index in [0.29, 0.717) is 18.8 Å². The number of hydrogen-bond donors (Lipinski definition) is 0. The third-order valence-electron chi connectivity index (χ3n) is 3.08. The molecule has 2 aromatic carbocycles. The Morgan fingerprint density at radius 1 is 1.29 bits per heavy atom. The van der Waals surface area contributed by atoms with Crippen LogP contribution >= 0.6 is 11.6 Å². The summed E-state index contributed by atoms with van der Waals surface area (Å²) >= 11 is 5.87. The molecular weight excluding hydrogens is 301 g/mol. The third-order valence-corrected chi connectivity index (χ3v) is 3.38. The van der Waals surface area contributed by atoms with Gasteiger partial charge in [-0.15, -0.1) is 0 Å². The molecule has 0 saturated carbocycles. The van der Waals surface area contributed by atoms with Gasteiger partial charge in [0.15, 0.2) is 0 Å². The molecule has 0 bridgehead atoms. The highest BCUT2D eigenvalue weighted by Gasteiger charge is 2.24. The smallest absolute Gasteiger partial charge is 0.315 e. The molecule has 108 valence electrons. The minimum absolute atomic E-state index is 0.0426. The van der Waals surface area contributed by atoms with Gasteiger partial charge in [0.05, 0.1) is 22.6 Å². The van der Waals surface area contributed by atoms with E-state index in [4.69, 9.17) is 21.1 Å². The number of rotatable bonds is 3. The van der Waals surface area contributed by atoms with Crippen LogP contribution in [0, 0.1) is 15.9 Å². The van der Waals surface area contributed by atoms with Crippen molar-refractivity contribution in [3.05, 3.63) is 56.8 Å². The molecule has 1 aliphatic heterocycles. The van der Waals surface area contributed by atoms with Crippen molar-refractivity contribution in [1.82, 2.24) is 0 Å². The van der Waals surface area contributed by atoms with Crippen LogP contribution in [0.15, 0.2) is 30.3 Å². The van der Waals surface area contributed by atoms with Crippen LogP contribution < -0.4 is 9.47 Å². The summed E-state index contributed by atoms with van der Waals surface area (Å²) in [6, 6.07) is 6.46. The minimum Gasteiger partial charge on any atom is -0.493 e. The highest BCUT2D eigenvalue weighted by atomic mass is 35.5. The molecule has 0 unspecified atom stereocenters. The van der Waals surface area contributed by atoms with E-state index in [9.17, 15) is 14.5 Å². The van der Waals surface area contributed by atoms with Crippen molar-refractivity contribution in [2.75, 3.05) is 6.61 Å². The van der Waals surface area contributed by atoms with E-state index >= 15 is 0 Å². The van der Waals surface area contributed by atoms with Crippen LogP contribution in [0.3, 0.4) is 0 Å². The second-order valence-corrected chi connectivity index (χ2v) is 4.87. The van der Waals surface area contributed by atoms with E-state index in [1.807, 2.05) is 0 Å². The topological polar surface area (TPSA) is 61.6 Å². The number of benzene rings is 2. The fourth-order valence-corrected chi connectivity index (χ4v) is 2.30. The van der Waals surface area contributed by atoms with E-state index < -0.39 is 10.7 Å². The average Bonchev–Trinajstić information content (AvgIpc) is 2.88. The predicted molar refractivity (Wildman–Crippen MR) is 73.8 cm³/mol. The molecule has 0 fully saturated rings. The van der Waals surface area contributed by atoms with Gasteiger partial charge in [-0.25, -0.2) is 4.39 Å². The van der Waals surface area contributed by atoms with Crippen molar-refractivity contribution in [1.29, 1.82) is 0 Å². The molecule has 2 aromatic rings. The monoisotopic (exact) mass is 309 g/mol. The van der Waals surface area contributed by atoms with E-state index in [1.54, 1.807) is 6.07 Å². The summed E-state index contributed by atoms with van der Waals surface area (Å²) < 4.78 is 23.8. The van der Waals surface area contributed by atoms with Crippen molar-refractivity contribution in [2.45, 2.75) is 6.42 Å². The molecule has 3 rings (SSSR count). The Labute approximate surface area is 124 Å². The van der Waals surface area contributed by atoms with Crippen LogP contribution in [0.25, 0.3) is 0 Å². The fourth-order valence-electron chi connectivity index (χ4n) is 2.09. The van der Waals surface area contributed by atoms with Gasteiger partial charge < -0.3 is 9.47 Å². The molecule has 7 heteroatoms. The molecule has 0 saturated heterocycles. The van der Waals surface area contributed by atoms with Crippen LogP contribution in [-0.2, 0) is 6.42 Å². The van der Waals surface area contributed by atoms with Crippen molar-refractivity contribution in [2.24, 2.45) is 0 Å². The van der Waals surface area contributed by atoms with Crippen LogP contribution in [0.2, 0.25) is 5.02 Å². The van der Waals surface area contributed by atoms with Gasteiger partial charge in [-0.1, -0.05) is 11.6 Å². The van der Waals surface area contributed by atoms with Crippen molar-refractivity contribution in [3.8, 4) is 17.2 Å². The van der Waals surface area contributed by atoms with Gasteiger partial charge in [0, 0.05) is 12.0 Å². The fraction of sp³-hybridized carbons (Fsp3) is 0.143. The van der Waals surface area contributed by atoms with Gasteiger partial charge in [-0.3, -0.25) is 10.1 Å². The molecule has 0 radical (unpaired) electrons. The van der Waals surface area contributed by atoms with Gasteiger partial charge in [-0.2, -0.15) is 0 Å². The first-order valence-electron chi connectivity index (χ1n) is 6.11. The molecule has 0 atom stereocenters. The summed E-state index contributed by atoms with van der Waals surface area (Å²) in [7, 11) is 0. The lowest BCUT2D eigenvalue weighted by atomic mass is 10.1. The maximum absolute atomic E-state index is 13.0. The Morgan fingerprint density at radius 2 is 2.10 bits per heavy atom. The zero-order valence-electron chi connectivity index (χ0n) is 10.6. The molecule has 1 aliphatic rings. The first-order valence-corrected chi connectivity index (χ1v) is 6.49. The predicted octanol–water partition coefficient (Wildman–Crippen LogP) is 4.11. The zero-order valence-corrected chi connectivity index (χ0v) is 11.4. The Bertz CT molecular complexity index is 735. The largest absolute Gasteiger partial charge is 0.493 e. The normalized spacial score (nSPS) is 12.7. The van der Waals surface area contributed by atoms with E-state index in [1.165, 1.54) is 18.2 Å². The highest BCUT2D eigenvalue weighted by molar-refractivity contribution is 6.32. The first-order chi connectivity index (χ1) is 10.0. The molecule has 0 spiro atoms. The van der Waals surface area contributed by atoms with Crippen LogP contribution in [-0.4, -0.2) is 11.5 Å². The lowest BCUT2D eigenvalue weighted by Gasteiger charge is -2.09.